The smallest absolute Gasteiger partial charge is 0.194 e. The van der Waals surface area contributed by atoms with Gasteiger partial charge in [0.1, 0.15) is 11.6 Å². The molecule has 35 heavy (non-hydrogen) atoms. The van der Waals surface area contributed by atoms with Gasteiger partial charge in [-0.2, -0.15) is 0 Å². The molecule has 0 aromatic heterocycles. The van der Waals surface area contributed by atoms with E-state index in [1.54, 1.807) is 19.1 Å². The van der Waals surface area contributed by atoms with Crippen molar-refractivity contribution in [3.8, 4) is 22.6 Å². The maximum Gasteiger partial charge on any atom is 0.194 e. The van der Waals surface area contributed by atoms with Crippen molar-refractivity contribution in [1.82, 2.24) is 0 Å². The summed E-state index contributed by atoms with van der Waals surface area (Å²) in [5, 5.41) is 0. The van der Waals surface area contributed by atoms with Crippen LogP contribution in [0.2, 0.25) is 0 Å². The minimum absolute atomic E-state index is 0.0379. The van der Waals surface area contributed by atoms with Crippen LogP contribution in [0, 0.1) is 41.9 Å². The van der Waals surface area contributed by atoms with Crippen LogP contribution in [0.4, 0.5) is 22.0 Å². The number of ether oxygens (including phenoxy) is 1. The van der Waals surface area contributed by atoms with Gasteiger partial charge in [-0.25, -0.2) is 22.0 Å². The number of benzene rings is 3. The van der Waals surface area contributed by atoms with Crippen molar-refractivity contribution in [3.63, 3.8) is 0 Å². The second kappa shape index (κ2) is 10.8. The van der Waals surface area contributed by atoms with E-state index in [9.17, 15) is 17.6 Å². The number of unbranched alkanes of at least 4 members (excludes halogenated alkanes) is 1. The highest BCUT2D eigenvalue weighted by molar-refractivity contribution is 5.71. The molecule has 186 valence electrons. The van der Waals surface area contributed by atoms with E-state index in [1.807, 2.05) is 0 Å². The van der Waals surface area contributed by atoms with E-state index in [-0.39, 0.29) is 39.7 Å². The number of para-hydroxylation sites is 1. The molecule has 0 radical (unpaired) electrons. The first-order chi connectivity index (χ1) is 16.8. The van der Waals surface area contributed by atoms with Gasteiger partial charge in [0.05, 0.1) is 0 Å². The molecule has 1 aliphatic rings. The minimum atomic E-state index is -1.57. The second-order valence-electron chi connectivity index (χ2n) is 9.44. The summed E-state index contributed by atoms with van der Waals surface area (Å²) in [5.41, 5.74) is 0.608. The normalized spacial score (nSPS) is 18.0. The summed E-state index contributed by atoms with van der Waals surface area (Å²) in [6.07, 6.45) is 6.78. The first-order valence-electron chi connectivity index (χ1n) is 12.2. The summed E-state index contributed by atoms with van der Waals surface area (Å²) in [6, 6.07) is 9.30. The standard InChI is InChI=1S/C29H29F5O/c1-3-4-7-18-10-12-19(13-11-18)26-22(30)14-17(2)29(28(26)34)35-25-9-6-5-8-21(25)20-15-23(31)27(33)24(32)16-20/h5-6,8-9,14-16,18-19H,3-4,7,10-13H2,1-2H3. The van der Waals surface area contributed by atoms with Gasteiger partial charge < -0.3 is 4.74 Å². The van der Waals surface area contributed by atoms with Crippen LogP contribution in [0.25, 0.3) is 11.1 Å². The summed E-state index contributed by atoms with van der Waals surface area (Å²) < 4.78 is 77.8. The van der Waals surface area contributed by atoms with Crippen molar-refractivity contribution in [3.05, 3.63) is 82.7 Å². The molecule has 0 heterocycles. The van der Waals surface area contributed by atoms with Crippen LogP contribution < -0.4 is 4.74 Å². The average molecular weight is 489 g/mol. The van der Waals surface area contributed by atoms with Gasteiger partial charge in [-0.3, -0.25) is 0 Å². The number of rotatable bonds is 7. The Bertz CT molecular complexity index is 1170. The van der Waals surface area contributed by atoms with Crippen molar-refractivity contribution in [2.24, 2.45) is 5.92 Å². The summed E-state index contributed by atoms with van der Waals surface area (Å²) in [5.74, 6) is -5.20. The molecule has 1 fully saturated rings. The van der Waals surface area contributed by atoms with Gasteiger partial charge in [0.25, 0.3) is 0 Å². The Morgan fingerprint density at radius 2 is 1.49 bits per heavy atom. The zero-order chi connectivity index (χ0) is 25.1. The van der Waals surface area contributed by atoms with E-state index in [0.29, 0.717) is 5.92 Å². The highest BCUT2D eigenvalue weighted by atomic mass is 19.2. The van der Waals surface area contributed by atoms with Crippen molar-refractivity contribution in [2.45, 2.75) is 64.7 Å². The Kier molecular flexibility index (Phi) is 7.78. The molecule has 0 N–H and O–H groups in total. The van der Waals surface area contributed by atoms with Crippen LogP contribution in [-0.4, -0.2) is 0 Å². The fourth-order valence-corrected chi connectivity index (χ4v) is 5.08. The van der Waals surface area contributed by atoms with Gasteiger partial charge in [0.15, 0.2) is 29.0 Å². The van der Waals surface area contributed by atoms with E-state index in [2.05, 4.69) is 6.92 Å². The van der Waals surface area contributed by atoms with E-state index < -0.39 is 29.1 Å². The summed E-state index contributed by atoms with van der Waals surface area (Å²) in [7, 11) is 0. The summed E-state index contributed by atoms with van der Waals surface area (Å²) in [6.45, 7) is 3.71. The average Bonchev–Trinajstić information content (AvgIpc) is 2.84. The molecular weight excluding hydrogens is 459 g/mol. The molecule has 0 spiro atoms. The molecule has 0 unspecified atom stereocenters. The van der Waals surface area contributed by atoms with Crippen molar-refractivity contribution in [2.75, 3.05) is 0 Å². The Morgan fingerprint density at radius 3 is 2.14 bits per heavy atom. The lowest BCUT2D eigenvalue weighted by Crippen LogP contribution is -2.16. The molecule has 3 aromatic carbocycles. The monoisotopic (exact) mass is 488 g/mol. The van der Waals surface area contributed by atoms with E-state index in [1.165, 1.54) is 24.6 Å². The highest BCUT2D eigenvalue weighted by Crippen LogP contribution is 2.44. The molecule has 6 heteroatoms. The third-order valence-electron chi connectivity index (χ3n) is 7.01. The van der Waals surface area contributed by atoms with Crippen LogP contribution in [-0.2, 0) is 0 Å². The van der Waals surface area contributed by atoms with Gasteiger partial charge in [-0.05, 0) is 79.8 Å². The first kappa shape index (κ1) is 25.2. The Hall–Kier alpha value is -2.89. The topological polar surface area (TPSA) is 9.23 Å². The zero-order valence-corrected chi connectivity index (χ0v) is 19.9. The number of aryl methyl sites for hydroxylation is 1. The minimum Gasteiger partial charge on any atom is -0.453 e. The fourth-order valence-electron chi connectivity index (χ4n) is 5.08. The van der Waals surface area contributed by atoms with Gasteiger partial charge in [-0.15, -0.1) is 0 Å². The lowest BCUT2D eigenvalue weighted by atomic mass is 9.76. The number of hydrogen-bond acceptors (Lipinski definition) is 1. The maximum atomic E-state index is 15.7. The quantitative estimate of drug-likeness (QED) is 0.238. The molecule has 0 aliphatic heterocycles. The molecule has 4 rings (SSSR count). The molecule has 1 saturated carbocycles. The van der Waals surface area contributed by atoms with Gasteiger partial charge >= 0.3 is 0 Å². The Morgan fingerprint density at radius 1 is 0.829 bits per heavy atom. The SMILES string of the molecule is CCCCC1CCC(c2c(F)cc(C)c(Oc3ccccc3-c3cc(F)c(F)c(F)c3)c2F)CC1. The van der Waals surface area contributed by atoms with Crippen molar-refractivity contribution >= 4 is 0 Å². The summed E-state index contributed by atoms with van der Waals surface area (Å²) >= 11 is 0. The molecule has 0 amide bonds. The molecular formula is C29H29F5O. The van der Waals surface area contributed by atoms with Gasteiger partial charge in [0, 0.05) is 11.1 Å². The van der Waals surface area contributed by atoms with Crippen LogP contribution in [0.5, 0.6) is 11.5 Å². The largest absolute Gasteiger partial charge is 0.453 e. The van der Waals surface area contributed by atoms with E-state index in [4.69, 9.17) is 4.74 Å². The maximum absolute atomic E-state index is 15.7. The van der Waals surface area contributed by atoms with E-state index >= 15 is 4.39 Å². The number of halogens is 5. The molecule has 1 nitrogen and oxygen atoms in total. The molecule has 1 aliphatic carbocycles. The van der Waals surface area contributed by atoms with E-state index in [0.717, 1.165) is 50.7 Å². The zero-order valence-electron chi connectivity index (χ0n) is 19.9. The Balaban J connectivity index is 1.66. The fraction of sp³-hybridized carbons (Fsp3) is 0.379. The number of hydrogen-bond donors (Lipinski definition) is 0. The third-order valence-corrected chi connectivity index (χ3v) is 7.01. The molecule has 0 saturated heterocycles. The van der Waals surface area contributed by atoms with Crippen LogP contribution in [0.1, 0.15) is 68.9 Å². The first-order valence-corrected chi connectivity index (χ1v) is 12.2. The predicted octanol–water partition coefficient (Wildman–Crippen LogP) is 9.61. The highest BCUT2D eigenvalue weighted by Gasteiger charge is 2.29. The van der Waals surface area contributed by atoms with Crippen LogP contribution in [0.3, 0.4) is 0 Å². The van der Waals surface area contributed by atoms with Crippen LogP contribution >= 0.6 is 0 Å². The predicted molar refractivity (Wildman–Crippen MR) is 127 cm³/mol. The lowest BCUT2D eigenvalue weighted by molar-refractivity contribution is 0.294. The third kappa shape index (κ3) is 5.36. The van der Waals surface area contributed by atoms with Gasteiger partial charge in [-0.1, -0.05) is 44.4 Å². The van der Waals surface area contributed by atoms with Crippen molar-refractivity contribution in [1.29, 1.82) is 0 Å². The van der Waals surface area contributed by atoms with Crippen molar-refractivity contribution < 1.29 is 26.7 Å². The molecule has 3 aromatic rings. The molecule has 0 atom stereocenters. The van der Waals surface area contributed by atoms with Gasteiger partial charge in [0.2, 0.25) is 0 Å². The lowest BCUT2D eigenvalue weighted by Gasteiger charge is -2.29. The van der Waals surface area contributed by atoms with Crippen LogP contribution in [0.15, 0.2) is 42.5 Å². The Labute approximate surface area is 202 Å². The second-order valence-corrected chi connectivity index (χ2v) is 9.44. The summed E-state index contributed by atoms with van der Waals surface area (Å²) in [4.78, 5) is 0. The molecule has 0 bridgehead atoms.